The van der Waals surface area contributed by atoms with E-state index in [1.54, 1.807) is 13.4 Å². The van der Waals surface area contributed by atoms with Crippen LogP contribution < -0.4 is 21.5 Å². The van der Waals surface area contributed by atoms with Crippen molar-refractivity contribution in [2.75, 3.05) is 29.9 Å². The maximum atomic E-state index is 12.5. The van der Waals surface area contributed by atoms with Crippen molar-refractivity contribution in [2.24, 2.45) is 14.1 Å². The quantitative estimate of drug-likeness (QED) is 0.724. The first-order valence-electron chi connectivity index (χ1n) is 9.76. The van der Waals surface area contributed by atoms with E-state index < -0.39 is 0 Å². The van der Waals surface area contributed by atoms with E-state index in [-0.39, 0.29) is 11.2 Å². The maximum absolute atomic E-state index is 12.5. The SMILES string of the molecule is Cn1c(=O)c2c(ncn2CCNc2ccccc2N2CCCCC2)n(C)c1=O. The van der Waals surface area contributed by atoms with Crippen LogP contribution in [0.3, 0.4) is 0 Å². The van der Waals surface area contributed by atoms with Gasteiger partial charge in [0.2, 0.25) is 0 Å². The monoisotopic (exact) mass is 382 g/mol. The molecule has 2 aromatic heterocycles. The minimum Gasteiger partial charge on any atom is -0.382 e. The Morgan fingerprint density at radius 3 is 2.57 bits per heavy atom. The van der Waals surface area contributed by atoms with Crippen LogP contribution >= 0.6 is 0 Å². The van der Waals surface area contributed by atoms with Crippen molar-refractivity contribution in [3.63, 3.8) is 0 Å². The van der Waals surface area contributed by atoms with E-state index in [1.807, 2.05) is 10.6 Å². The minimum absolute atomic E-state index is 0.315. The molecule has 0 saturated carbocycles. The highest BCUT2D eigenvalue weighted by molar-refractivity contribution is 5.71. The molecule has 4 rings (SSSR count). The number of hydrogen-bond acceptors (Lipinski definition) is 5. The minimum atomic E-state index is -0.365. The first-order chi connectivity index (χ1) is 13.6. The van der Waals surface area contributed by atoms with Gasteiger partial charge in [0.15, 0.2) is 11.2 Å². The van der Waals surface area contributed by atoms with Crippen LogP contribution in [0.4, 0.5) is 11.4 Å². The number of nitrogens with zero attached hydrogens (tertiary/aromatic N) is 5. The third kappa shape index (κ3) is 3.19. The Labute approximate surface area is 163 Å². The Morgan fingerprint density at radius 2 is 1.79 bits per heavy atom. The second kappa shape index (κ2) is 7.53. The van der Waals surface area contributed by atoms with Crippen molar-refractivity contribution in [1.29, 1.82) is 0 Å². The number of benzene rings is 1. The van der Waals surface area contributed by atoms with Crippen LogP contribution in [0, 0.1) is 0 Å². The Bertz CT molecular complexity index is 1100. The molecule has 0 atom stereocenters. The Kier molecular flexibility index (Phi) is 4.93. The van der Waals surface area contributed by atoms with Gasteiger partial charge in [-0.05, 0) is 31.4 Å². The molecule has 1 N–H and O–H groups in total. The summed E-state index contributed by atoms with van der Waals surface area (Å²) >= 11 is 0. The van der Waals surface area contributed by atoms with Crippen molar-refractivity contribution in [3.05, 3.63) is 51.4 Å². The van der Waals surface area contributed by atoms with E-state index in [2.05, 4.69) is 33.4 Å². The third-order valence-electron chi connectivity index (χ3n) is 5.49. The summed E-state index contributed by atoms with van der Waals surface area (Å²) in [5, 5.41) is 3.51. The Balaban J connectivity index is 1.54. The van der Waals surface area contributed by atoms with E-state index in [9.17, 15) is 9.59 Å². The zero-order valence-corrected chi connectivity index (χ0v) is 16.4. The summed E-state index contributed by atoms with van der Waals surface area (Å²) in [5.41, 5.74) is 2.53. The highest BCUT2D eigenvalue weighted by Crippen LogP contribution is 2.28. The molecule has 0 spiro atoms. The molecular weight excluding hydrogens is 356 g/mol. The normalized spacial score (nSPS) is 14.6. The summed E-state index contributed by atoms with van der Waals surface area (Å²) in [5.74, 6) is 0. The van der Waals surface area contributed by atoms with Gasteiger partial charge >= 0.3 is 5.69 Å². The molecule has 148 valence electrons. The van der Waals surface area contributed by atoms with Gasteiger partial charge in [0.25, 0.3) is 5.56 Å². The fourth-order valence-electron chi connectivity index (χ4n) is 3.91. The molecule has 28 heavy (non-hydrogen) atoms. The van der Waals surface area contributed by atoms with Crippen LogP contribution in [0.2, 0.25) is 0 Å². The number of aromatic nitrogens is 4. The molecule has 3 aromatic rings. The second-order valence-electron chi connectivity index (χ2n) is 7.31. The largest absolute Gasteiger partial charge is 0.382 e. The van der Waals surface area contributed by atoms with Gasteiger partial charge in [-0.1, -0.05) is 12.1 Å². The van der Waals surface area contributed by atoms with Crippen LogP contribution in [0.5, 0.6) is 0 Å². The summed E-state index contributed by atoms with van der Waals surface area (Å²) in [4.78, 5) is 31.3. The van der Waals surface area contributed by atoms with Gasteiger partial charge in [0.05, 0.1) is 17.7 Å². The molecule has 1 fully saturated rings. The molecule has 1 aliphatic heterocycles. The van der Waals surface area contributed by atoms with Crippen molar-refractivity contribution in [3.8, 4) is 0 Å². The standard InChI is InChI=1S/C20H26N6O2/c1-23-18-17(19(27)24(2)20(23)28)26(14-22-18)13-10-21-15-8-4-5-9-16(15)25-11-6-3-7-12-25/h4-5,8-9,14,21H,3,6-7,10-13H2,1-2H3. The summed E-state index contributed by atoms with van der Waals surface area (Å²) in [6, 6.07) is 8.36. The van der Waals surface area contributed by atoms with E-state index >= 15 is 0 Å². The van der Waals surface area contributed by atoms with E-state index in [4.69, 9.17) is 0 Å². The molecule has 8 heteroatoms. The van der Waals surface area contributed by atoms with E-state index in [0.29, 0.717) is 24.3 Å². The number of piperidine rings is 1. The van der Waals surface area contributed by atoms with Crippen LogP contribution in [0.1, 0.15) is 19.3 Å². The lowest BCUT2D eigenvalue weighted by molar-refractivity contribution is 0.578. The summed E-state index contributed by atoms with van der Waals surface area (Å²) in [6.07, 6.45) is 5.40. The number of hydrogen-bond donors (Lipinski definition) is 1. The fraction of sp³-hybridized carbons (Fsp3) is 0.450. The Hall–Kier alpha value is -3.03. The molecule has 0 radical (unpaired) electrons. The molecule has 8 nitrogen and oxygen atoms in total. The van der Waals surface area contributed by atoms with E-state index in [1.165, 1.54) is 36.6 Å². The summed E-state index contributed by atoms with van der Waals surface area (Å²) < 4.78 is 4.35. The van der Waals surface area contributed by atoms with E-state index in [0.717, 1.165) is 23.3 Å². The van der Waals surface area contributed by atoms with Crippen LogP contribution in [0.25, 0.3) is 11.2 Å². The lowest BCUT2D eigenvalue weighted by atomic mass is 10.1. The number of rotatable bonds is 5. The molecule has 3 heterocycles. The van der Waals surface area contributed by atoms with Gasteiger partial charge in [0, 0.05) is 40.3 Å². The predicted octanol–water partition coefficient (Wildman–Crippen LogP) is 1.54. The van der Waals surface area contributed by atoms with Crippen LogP contribution in [0.15, 0.2) is 40.2 Å². The predicted molar refractivity (Wildman–Crippen MR) is 111 cm³/mol. The molecular formula is C20H26N6O2. The van der Waals surface area contributed by atoms with Crippen molar-refractivity contribution >= 4 is 22.5 Å². The number of anilines is 2. The smallest absolute Gasteiger partial charge is 0.332 e. The zero-order chi connectivity index (χ0) is 19.7. The fourth-order valence-corrected chi connectivity index (χ4v) is 3.91. The maximum Gasteiger partial charge on any atom is 0.332 e. The molecule has 0 amide bonds. The lowest BCUT2D eigenvalue weighted by Gasteiger charge is -2.30. The molecule has 0 bridgehead atoms. The number of imidazole rings is 1. The van der Waals surface area contributed by atoms with Gasteiger partial charge < -0.3 is 14.8 Å². The number of nitrogens with one attached hydrogen (secondary N) is 1. The van der Waals surface area contributed by atoms with Crippen molar-refractivity contribution in [1.82, 2.24) is 18.7 Å². The Morgan fingerprint density at radius 1 is 1.04 bits per heavy atom. The molecule has 0 aliphatic carbocycles. The molecule has 1 saturated heterocycles. The average molecular weight is 382 g/mol. The molecule has 1 aliphatic rings. The molecule has 1 aromatic carbocycles. The number of aryl methyl sites for hydroxylation is 1. The first kappa shape index (κ1) is 18.3. The zero-order valence-electron chi connectivity index (χ0n) is 16.4. The summed E-state index contributed by atoms with van der Waals surface area (Å²) in [6.45, 7) is 3.42. The van der Waals surface area contributed by atoms with Crippen molar-refractivity contribution < 1.29 is 0 Å². The molecule has 0 unspecified atom stereocenters. The first-order valence-corrected chi connectivity index (χ1v) is 9.76. The van der Waals surface area contributed by atoms with Crippen LogP contribution in [-0.2, 0) is 20.6 Å². The van der Waals surface area contributed by atoms with Crippen LogP contribution in [-0.4, -0.2) is 38.3 Å². The topological polar surface area (TPSA) is 77.1 Å². The highest BCUT2D eigenvalue weighted by atomic mass is 16.2. The average Bonchev–Trinajstić information content (AvgIpc) is 3.16. The number of para-hydroxylation sites is 2. The van der Waals surface area contributed by atoms with Gasteiger partial charge in [-0.3, -0.25) is 13.9 Å². The second-order valence-corrected chi connectivity index (χ2v) is 7.31. The van der Waals surface area contributed by atoms with Gasteiger partial charge in [-0.25, -0.2) is 9.78 Å². The lowest BCUT2D eigenvalue weighted by Crippen LogP contribution is -2.37. The summed E-state index contributed by atoms with van der Waals surface area (Å²) in [7, 11) is 3.13. The highest BCUT2D eigenvalue weighted by Gasteiger charge is 2.15. The number of fused-ring (bicyclic) bond motifs is 1. The van der Waals surface area contributed by atoms with Gasteiger partial charge in [-0.15, -0.1) is 0 Å². The van der Waals surface area contributed by atoms with Crippen molar-refractivity contribution in [2.45, 2.75) is 25.8 Å². The van der Waals surface area contributed by atoms with Gasteiger partial charge in [0.1, 0.15) is 0 Å². The van der Waals surface area contributed by atoms with Gasteiger partial charge in [-0.2, -0.15) is 0 Å². The third-order valence-corrected chi connectivity index (χ3v) is 5.49.